The van der Waals surface area contributed by atoms with Gasteiger partial charge in [-0.1, -0.05) is 23.1 Å². The highest BCUT2D eigenvalue weighted by molar-refractivity contribution is 8.01. The number of aromatic nitrogens is 2. The lowest BCUT2D eigenvalue weighted by atomic mass is 10.2. The molecule has 2 rings (SSSR count). The van der Waals surface area contributed by atoms with Crippen molar-refractivity contribution in [2.75, 3.05) is 25.3 Å². The fourth-order valence-corrected chi connectivity index (χ4v) is 3.17. The Bertz CT molecular complexity index is 631. The molecular weight excluding hydrogens is 310 g/mol. The van der Waals surface area contributed by atoms with Crippen LogP contribution in [0.25, 0.3) is 0 Å². The minimum atomic E-state index is -0.128. The van der Waals surface area contributed by atoms with Gasteiger partial charge in [-0.2, -0.15) is 0 Å². The van der Waals surface area contributed by atoms with Gasteiger partial charge in [0.2, 0.25) is 5.91 Å². The summed E-state index contributed by atoms with van der Waals surface area (Å²) in [5.41, 5.74) is 0.609. The number of carbonyl (C=O) groups excluding carboxylic acids is 1. The SMILES string of the molecule is COc1ccc(NC(=O)CSc2nnc(C)s2)c(OC)c1. The number of hydrogen-bond donors (Lipinski definition) is 1. The molecule has 0 aliphatic heterocycles. The van der Waals surface area contributed by atoms with Crippen LogP contribution >= 0.6 is 23.1 Å². The van der Waals surface area contributed by atoms with Crippen molar-refractivity contribution < 1.29 is 14.3 Å². The molecule has 0 radical (unpaired) electrons. The fourth-order valence-electron chi connectivity index (χ4n) is 1.55. The molecule has 112 valence electrons. The smallest absolute Gasteiger partial charge is 0.234 e. The van der Waals surface area contributed by atoms with Crippen molar-refractivity contribution in [1.29, 1.82) is 0 Å². The fraction of sp³-hybridized carbons (Fsp3) is 0.308. The molecule has 1 aromatic carbocycles. The number of anilines is 1. The summed E-state index contributed by atoms with van der Waals surface area (Å²) in [6, 6.07) is 5.23. The Morgan fingerprint density at radius 2 is 2.14 bits per heavy atom. The van der Waals surface area contributed by atoms with E-state index < -0.39 is 0 Å². The minimum absolute atomic E-state index is 0.128. The van der Waals surface area contributed by atoms with Crippen LogP contribution in [0.15, 0.2) is 22.5 Å². The Morgan fingerprint density at radius 1 is 1.33 bits per heavy atom. The van der Waals surface area contributed by atoms with Gasteiger partial charge in [0.1, 0.15) is 16.5 Å². The lowest BCUT2D eigenvalue weighted by Crippen LogP contribution is -2.14. The lowest BCUT2D eigenvalue weighted by Gasteiger charge is -2.11. The molecule has 1 N–H and O–H groups in total. The molecule has 1 heterocycles. The average Bonchev–Trinajstić information content (AvgIpc) is 2.91. The molecule has 0 fully saturated rings. The molecule has 0 aliphatic rings. The zero-order valence-corrected chi connectivity index (χ0v) is 13.5. The minimum Gasteiger partial charge on any atom is -0.497 e. The summed E-state index contributed by atoms with van der Waals surface area (Å²) in [5.74, 6) is 1.36. The van der Waals surface area contributed by atoms with Gasteiger partial charge in [-0.3, -0.25) is 4.79 Å². The van der Waals surface area contributed by atoms with Gasteiger partial charge in [-0.15, -0.1) is 10.2 Å². The number of nitrogens with zero attached hydrogens (tertiary/aromatic N) is 2. The predicted octanol–water partition coefficient (Wildman–Crippen LogP) is 2.59. The van der Waals surface area contributed by atoms with E-state index in [0.717, 1.165) is 9.35 Å². The van der Waals surface area contributed by atoms with Crippen molar-refractivity contribution >= 4 is 34.7 Å². The van der Waals surface area contributed by atoms with Crippen molar-refractivity contribution in [3.05, 3.63) is 23.2 Å². The normalized spacial score (nSPS) is 10.2. The summed E-state index contributed by atoms with van der Waals surface area (Å²) in [4.78, 5) is 12.0. The first-order valence-corrected chi connectivity index (χ1v) is 7.87. The molecule has 1 aromatic heterocycles. The van der Waals surface area contributed by atoms with E-state index in [2.05, 4.69) is 15.5 Å². The molecule has 0 atom stereocenters. The summed E-state index contributed by atoms with van der Waals surface area (Å²) >= 11 is 2.83. The van der Waals surface area contributed by atoms with Gasteiger partial charge in [-0.05, 0) is 19.1 Å². The summed E-state index contributed by atoms with van der Waals surface area (Å²) in [6.45, 7) is 1.88. The van der Waals surface area contributed by atoms with Crippen LogP contribution in [0, 0.1) is 6.92 Å². The molecule has 8 heteroatoms. The summed E-state index contributed by atoms with van der Waals surface area (Å²) in [7, 11) is 3.12. The van der Waals surface area contributed by atoms with E-state index in [0.29, 0.717) is 17.2 Å². The third kappa shape index (κ3) is 4.33. The second-order valence-electron chi connectivity index (χ2n) is 3.99. The number of rotatable bonds is 6. The molecule has 0 unspecified atom stereocenters. The molecule has 0 saturated carbocycles. The molecule has 0 aliphatic carbocycles. The van der Waals surface area contributed by atoms with Crippen molar-refractivity contribution in [3.63, 3.8) is 0 Å². The predicted molar refractivity (Wildman–Crippen MR) is 83.5 cm³/mol. The lowest BCUT2D eigenvalue weighted by molar-refractivity contribution is -0.113. The van der Waals surface area contributed by atoms with Crippen molar-refractivity contribution in [3.8, 4) is 11.5 Å². The van der Waals surface area contributed by atoms with Gasteiger partial charge in [-0.25, -0.2) is 0 Å². The number of ether oxygens (including phenoxy) is 2. The molecule has 2 aromatic rings. The van der Waals surface area contributed by atoms with E-state index in [1.807, 2.05) is 6.92 Å². The quantitative estimate of drug-likeness (QED) is 0.823. The maximum Gasteiger partial charge on any atom is 0.234 e. The van der Waals surface area contributed by atoms with Crippen LogP contribution in [0.1, 0.15) is 5.01 Å². The van der Waals surface area contributed by atoms with Gasteiger partial charge in [0.05, 0.1) is 25.7 Å². The maximum absolute atomic E-state index is 12.0. The Balaban J connectivity index is 1.95. The number of thioether (sulfide) groups is 1. The Labute approximate surface area is 130 Å². The van der Waals surface area contributed by atoms with E-state index >= 15 is 0 Å². The van der Waals surface area contributed by atoms with Gasteiger partial charge in [0.25, 0.3) is 0 Å². The number of amides is 1. The van der Waals surface area contributed by atoms with E-state index in [4.69, 9.17) is 9.47 Å². The van der Waals surface area contributed by atoms with Gasteiger partial charge in [0.15, 0.2) is 4.34 Å². The first-order chi connectivity index (χ1) is 10.1. The van der Waals surface area contributed by atoms with Crippen LogP contribution in [-0.4, -0.2) is 36.1 Å². The summed E-state index contributed by atoms with van der Waals surface area (Å²) in [6.07, 6.45) is 0. The van der Waals surface area contributed by atoms with E-state index in [1.165, 1.54) is 23.1 Å². The monoisotopic (exact) mass is 325 g/mol. The zero-order valence-electron chi connectivity index (χ0n) is 11.9. The molecule has 0 bridgehead atoms. The van der Waals surface area contributed by atoms with E-state index in [1.54, 1.807) is 32.4 Å². The molecule has 0 spiro atoms. The highest BCUT2D eigenvalue weighted by Gasteiger charge is 2.10. The van der Waals surface area contributed by atoms with Gasteiger partial charge < -0.3 is 14.8 Å². The van der Waals surface area contributed by atoms with Crippen LogP contribution in [-0.2, 0) is 4.79 Å². The average molecular weight is 325 g/mol. The third-order valence-electron chi connectivity index (χ3n) is 2.52. The van der Waals surface area contributed by atoms with E-state index in [-0.39, 0.29) is 11.7 Å². The van der Waals surface area contributed by atoms with Crippen molar-refractivity contribution in [2.45, 2.75) is 11.3 Å². The Hall–Kier alpha value is -1.80. The number of methoxy groups -OCH3 is 2. The number of aryl methyl sites for hydroxylation is 1. The van der Waals surface area contributed by atoms with Crippen LogP contribution in [0.5, 0.6) is 11.5 Å². The largest absolute Gasteiger partial charge is 0.497 e. The number of benzene rings is 1. The maximum atomic E-state index is 12.0. The zero-order chi connectivity index (χ0) is 15.2. The van der Waals surface area contributed by atoms with Crippen LogP contribution < -0.4 is 14.8 Å². The molecule has 6 nitrogen and oxygen atoms in total. The Kier molecular flexibility index (Phi) is 5.40. The van der Waals surface area contributed by atoms with Crippen molar-refractivity contribution in [2.24, 2.45) is 0 Å². The highest BCUT2D eigenvalue weighted by atomic mass is 32.2. The second kappa shape index (κ2) is 7.28. The van der Waals surface area contributed by atoms with Gasteiger partial charge in [0, 0.05) is 6.07 Å². The first-order valence-electron chi connectivity index (χ1n) is 6.07. The first kappa shape index (κ1) is 15.6. The summed E-state index contributed by atoms with van der Waals surface area (Å²) < 4.78 is 11.1. The molecular formula is C13H15N3O3S2. The number of nitrogens with one attached hydrogen (secondary N) is 1. The third-order valence-corrected chi connectivity index (χ3v) is 4.49. The van der Waals surface area contributed by atoms with E-state index in [9.17, 15) is 4.79 Å². The molecule has 1 amide bonds. The van der Waals surface area contributed by atoms with Crippen LogP contribution in [0.3, 0.4) is 0 Å². The highest BCUT2D eigenvalue weighted by Crippen LogP contribution is 2.29. The number of carbonyl (C=O) groups is 1. The van der Waals surface area contributed by atoms with Crippen LogP contribution in [0.4, 0.5) is 5.69 Å². The van der Waals surface area contributed by atoms with Gasteiger partial charge >= 0.3 is 0 Å². The topological polar surface area (TPSA) is 73.3 Å². The Morgan fingerprint density at radius 3 is 2.76 bits per heavy atom. The van der Waals surface area contributed by atoms with Crippen molar-refractivity contribution in [1.82, 2.24) is 10.2 Å². The molecule has 0 saturated heterocycles. The standard InChI is InChI=1S/C13H15N3O3S2/c1-8-15-16-13(21-8)20-7-12(17)14-10-5-4-9(18-2)6-11(10)19-3/h4-6H,7H2,1-3H3,(H,14,17). The molecule has 21 heavy (non-hydrogen) atoms. The number of hydrogen-bond acceptors (Lipinski definition) is 7. The summed E-state index contributed by atoms with van der Waals surface area (Å²) in [5, 5.41) is 11.6. The van der Waals surface area contributed by atoms with Crippen LogP contribution in [0.2, 0.25) is 0 Å². The second-order valence-corrected chi connectivity index (χ2v) is 6.39.